The van der Waals surface area contributed by atoms with Crippen molar-refractivity contribution in [2.24, 2.45) is 0 Å². The van der Waals surface area contributed by atoms with Gasteiger partial charge in [-0.1, -0.05) is 42.5 Å². The van der Waals surface area contributed by atoms with Crippen molar-refractivity contribution in [1.29, 1.82) is 0 Å². The van der Waals surface area contributed by atoms with Gasteiger partial charge in [0.05, 0.1) is 13.7 Å². The second-order valence-corrected chi connectivity index (χ2v) is 7.73. The largest absolute Gasteiger partial charge is 0.497 e. The van der Waals surface area contributed by atoms with Crippen LogP contribution < -0.4 is 4.74 Å². The normalized spacial score (nSPS) is 11.7. The van der Waals surface area contributed by atoms with Crippen molar-refractivity contribution in [2.45, 2.75) is 6.92 Å². The average molecular weight is 408 g/mol. The minimum Gasteiger partial charge on any atom is -0.497 e. The first-order valence-electron chi connectivity index (χ1n) is 9.36. The monoisotopic (exact) mass is 407 g/mol. The lowest BCUT2D eigenvalue weighted by molar-refractivity contribution is -0.137. The lowest BCUT2D eigenvalue weighted by Gasteiger charge is -2.14. The molecule has 0 saturated carbocycles. The summed E-state index contributed by atoms with van der Waals surface area (Å²) in [6.45, 7) is 2.68. The summed E-state index contributed by atoms with van der Waals surface area (Å²) in [4.78, 5) is 12.7. The number of thiophene rings is 1. The zero-order valence-corrected chi connectivity index (χ0v) is 17.7. The first-order valence-corrected chi connectivity index (χ1v) is 10.3. The Kier molecular flexibility index (Phi) is 6.86. The van der Waals surface area contributed by atoms with Gasteiger partial charge in [0.15, 0.2) is 0 Å². The molecule has 3 rings (SSSR count). The molecule has 1 aromatic heterocycles. The van der Waals surface area contributed by atoms with E-state index in [0.717, 1.165) is 28.0 Å². The summed E-state index contributed by atoms with van der Waals surface area (Å²) in [7, 11) is 3.48. The number of likely N-dealkylation sites (N-methyl/N-ethyl adjacent to an activating group) is 1. The Bertz CT molecular complexity index is 1000. The molecule has 5 heteroatoms. The Morgan fingerprint density at radius 3 is 2.52 bits per heavy atom. The number of benzene rings is 2. The van der Waals surface area contributed by atoms with Crippen molar-refractivity contribution in [3.63, 3.8) is 0 Å². The van der Waals surface area contributed by atoms with Crippen LogP contribution in [-0.4, -0.2) is 43.2 Å². The molecule has 0 spiro atoms. The van der Waals surface area contributed by atoms with Crippen LogP contribution in [0.4, 0.5) is 0 Å². The van der Waals surface area contributed by atoms with Gasteiger partial charge in [-0.15, -0.1) is 0 Å². The molecule has 0 amide bonds. The molecule has 1 N–H and O–H groups in total. The maximum Gasteiger partial charge on any atom is 0.317 e. The smallest absolute Gasteiger partial charge is 0.317 e. The van der Waals surface area contributed by atoms with Gasteiger partial charge >= 0.3 is 5.97 Å². The summed E-state index contributed by atoms with van der Waals surface area (Å²) in [6, 6.07) is 16.5. The molecule has 2 aromatic carbocycles. The zero-order chi connectivity index (χ0) is 20.8. The predicted molar refractivity (Wildman–Crippen MR) is 120 cm³/mol. The average Bonchev–Trinajstić information content (AvgIpc) is 3.14. The summed E-state index contributed by atoms with van der Waals surface area (Å²) < 4.78 is 5.33. The van der Waals surface area contributed by atoms with Crippen molar-refractivity contribution in [2.75, 3.05) is 27.2 Å². The number of hydrogen-bond acceptors (Lipinski definition) is 4. The summed E-state index contributed by atoms with van der Waals surface area (Å²) in [6.07, 6.45) is 2.11. The molecular weight excluding hydrogens is 382 g/mol. The summed E-state index contributed by atoms with van der Waals surface area (Å²) in [5.74, 6) is 0.0133. The molecular formula is C24H25NO3S. The third-order valence-electron chi connectivity index (χ3n) is 4.76. The number of carboxylic acid groups (broad SMARTS) is 1. The van der Waals surface area contributed by atoms with Gasteiger partial charge in [0.1, 0.15) is 5.75 Å². The van der Waals surface area contributed by atoms with Crippen molar-refractivity contribution < 1.29 is 14.6 Å². The highest BCUT2D eigenvalue weighted by molar-refractivity contribution is 7.08. The zero-order valence-electron chi connectivity index (χ0n) is 16.9. The number of rotatable bonds is 8. The molecule has 0 saturated heterocycles. The van der Waals surface area contributed by atoms with E-state index >= 15 is 0 Å². The van der Waals surface area contributed by atoms with E-state index in [4.69, 9.17) is 9.84 Å². The number of carbonyl (C=O) groups is 1. The van der Waals surface area contributed by atoms with Crippen LogP contribution >= 0.6 is 11.3 Å². The molecule has 0 bridgehead atoms. The molecule has 0 aliphatic rings. The van der Waals surface area contributed by atoms with E-state index in [1.807, 2.05) is 25.2 Å². The summed E-state index contributed by atoms with van der Waals surface area (Å²) >= 11 is 1.68. The lowest BCUT2D eigenvalue weighted by atomic mass is 9.95. The van der Waals surface area contributed by atoms with E-state index in [1.54, 1.807) is 23.3 Å². The summed E-state index contributed by atoms with van der Waals surface area (Å²) in [5, 5.41) is 13.3. The number of ether oxygens (including phenoxy) is 1. The minimum absolute atomic E-state index is 0.0151. The molecule has 0 radical (unpaired) electrons. The van der Waals surface area contributed by atoms with Crippen molar-refractivity contribution >= 4 is 22.9 Å². The highest BCUT2D eigenvalue weighted by Gasteiger charge is 2.11. The number of methoxy groups -OCH3 is 1. The predicted octanol–water partition coefficient (Wildman–Crippen LogP) is 5.18. The van der Waals surface area contributed by atoms with Gasteiger partial charge in [-0.05, 0) is 70.3 Å². The molecule has 0 fully saturated rings. The van der Waals surface area contributed by atoms with Crippen LogP contribution in [0.15, 0.2) is 65.4 Å². The van der Waals surface area contributed by atoms with Gasteiger partial charge in [0.25, 0.3) is 0 Å². The van der Waals surface area contributed by atoms with E-state index in [9.17, 15) is 4.79 Å². The Hall–Kier alpha value is -2.89. The summed E-state index contributed by atoms with van der Waals surface area (Å²) in [5.41, 5.74) is 6.87. The first kappa shape index (κ1) is 20.8. The van der Waals surface area contributed by atoms with Gasteiger partial charge < -0.3 is 9.84 Å². The molecule has 4 nitrogen and oxygen atoms in total. The fourth-order valence-corrected chi connectivity index (χ4v) is 4.06. The molecule has 0 unspecified atom stereocenters. The van der Waals surface area contributed by atoms with Crippen LogP contribution in [0, 0.1) is 6.92 Å². The number of carboxylic acids is 1. The highest BCUT2D eigenvalue weighted by Crippen LogP contribution is 2.31. The van der Waals surface area contributed by atoms with Gasteiger partial charge in [0.2, 0.25) is 0 Å². The van der Waals surface area contributed by atoms with Crippen molar-refractivity contribution in [3.05, 3.63) is 82.1 Å². The molecule has 0 aliphatic heterocycles. The molecule has 0 atom stereocenters. The van der Waals surface area contributed by atoms with Gasteiger partial charge in [0, 0.05) is 6.54 Å². The topological polar surface area (TPSA) is 49.8 Å². The number of aryl methyl sites for hydroxylation is 1. The van der Waals surface area contributed by atoms with Crippen LogP contribution in [0.2, 0.25) is 0 Å². The molecule has 29 heavy (non-hydrogen) atoms. The Morgan fingerprint density at radius 2 is 1.90 bits per heavy atom. The van der Waals surface area contributed by atoms with E-state index < -0.39 is 5.97 Å². The fourth-order valence-electron chi connectivity index (χ4n) is 3.21. The maximum atomic E-state index is 11.0. The third kappa shape index (κ3) is 5.34. The van der Waals surface area contributed by atoms with Crippen LogP contribution in [-0.2, 0) is 4.79 Å². The third-order valence-corrected chi connectivity index (χ3v) is 5.62. The van der Waals surface area contributed by atoms with E-state index in [1.165, 1.54) is 11.1 Å². The van der Waals surface area contributed by atoms with Crippen molar-refractivity contribution in [1.82, 2.24) is 4.90 Å². The molecule has 150 valence electrons. The Labute approximate surface area is 175 Å². The first-order chi connectivity index (χ1) is 14.0. The van der Waals surface area contributed by atoms with Crippen LogP contribution in [0.25, 0.3) is 16.7 Å². The van der Waals surface area contributed by atoms with Gasteiger partial charge in [-0.3, -0.25) is 9.69 Å². The standard InChI is InChI=1S/C24H25NO3S/c1-17-15-29-16-23(17)22(11-12-25(2)14-24(26)27)19-9-7-18(8-10-19)20-5-4-6-21(13-20)28-3/h4-11,13,15-16H,12,14H2,1-3H3,(H,26,27)/b22-11-. The lowest BCUT2D eigenvalue weighted by Crippen LogP contribution is -2.25. The number of hydrogen-bond donors (Lipinski definition) is 1. The highest BCUT2D eigenvalue weighted by atomic mass is 32.1. The van der Waals surface area contributed by atoms with E-state index in [2.05, 4.69) is 54.1 Å². The van der Waals surface area contributed by atoms with E-state index in [0.29, 0.717) is 6.54 Å². The van der Waals surface area contributed by atoms with Crippen molar-refractivity contribution in [3.8, 4) is 16.9 Å². The van der Waals surface area contributed by atoms with Gasteiger partial charge in [-0.2, -0.15) is 11.3 Å². The van der Waals surface area contributed by atoms with Gasteiger partial charge in [-0.25, -0.2) is 0 Å². The van der Waals surface area contributed by atoms with Crippen LogP contribution in [0.3, 0.4) is 0 Å². The number of nitrogens with zero attached hydrogens (tertiary/aromatic N) is 1. The van der Waals surface area contributed by atoms with Crippen LogP contribution in [0.1, 0.15) is 16.7 Å². The molecule has 1 heterocycles. The quantitative estimate of drug-likeness (QED) is 0.559. The Morgan fingerprint density at radius 1 is 1.14 bits per heavy atom. The Balaban J connectivity index is 1.91. The second-order valence-electron chi connectivity index (χ2n) is 6.99. The second kappa shape index (κ2) is 9.54. The number of aliphatic carboxylic acids is 1. The fraction of sp³-hybridized carbons (Fsp3) is 0.208. The molecule has 3 aromatic rings. The SMILES string of the molecule is COc1cccc(-c2ccc(/C(=C/CN(C)CC(=O)O)c3cscc3C)cc2)c1. The van der Waals surface area contributed by atoms with Crippen LogP contribution in [0.5, 0.6) is 5.75 Å². The minimum atomic E-state index is -0.822. The van der Waals surface area contributed by atoms with E-state index in [-0.39, 0.29) is 6.54 Å². The maximum absolute atomic E-state index is 11.0. The molecule has 0 aliphatic carbocycles.